The van der Waals surface area contributed by atoms with Gasteiger partial charge in [0.1, 0.15) is 0 Å². The molecule has 1 aromatic rings. The zero-order valence-corrected chi connectivity index (χ0v) is 16.0. The minimum Gasteiger partial charge on any atom is -0.354 e. The van der Waals surface area contributed by atoms with E-state index < -0.39 is 0 Å². The van der Waals surface area contributed by atoms with Gasteiger partial charge in [-0.25, -0.2) is 0 Å². The lowest BCUT2D eigenvalue weighted by Gasteiger charge is -2.65. The zero-order chi connectivity index (χ0) is 17.7. The highest BCUT2D eigenvalue weighted by atomic mass is 16.2. The standard InChI is InChI=1S/C22H32N2O/c1-20-11-17-12-21(14-20,18-7-5-4-6-8-18)16-22(13-17,15-20)19(25)23-9-10-24(2)3/h4-8,17H,9-16H2,1-3H3,(H,23,25). The number of nitrogens with one attached hydrogen (secondary N) is 1. The van der Waals surface area contributed by atoms with Gasteiger partial charge in [-0.15, -0.1) is 0 Å². The summed E-state index contributed by atoms with van der Waals surface area (Å²) in [5, 5.41) is 3.28. The van der Waals surface area contributed by atoms with Crippen LogP contribution in [0.2, 0.25) is 0 Å². The van der Waals surface area contributed by atoms with Crippen LogP contribution in [-0.2, 0) is 10.2 Å². The summed E-state index contributed by atoms with van der Waals surface area (Å²) in [4.78, 5) is 15.4. The van der Waals surface area contributed by atoms with Crippen molar-refractivity contribution in [1.29, 1.82) is 0 Å². The molecule has 4 atom stereocenters. The van der Waals surface area contributed by atoms with Gasteiger partial charge in [0.05, 0.1) is 5.41 Å². The molecule has 0 spiro atoms. The van der Waals surface area contributed by atoms with Crippen LogP contribution in [0.4, 0.5) is 0 Å². The molecule has 0 radical (unpaired) electrons. The Hall–Kier alpha value is -1.35. The van der Waals surface area contributed by atoms with Gasteiger partial charge in [-0.05, 0) is 74.9 Å². The van der Waals surface area contributed by atoms with Gasteiger partial charge < -0.3 is 10.2 Å². The predicted molar refractivity (Wildman–Crippen MR) is 101 cm³/mol. The van der Waals surface area contributed by atoms with Crippen molar-refractivity contribution < 1.29 is 4.79 Å². The molecule has 0 heterocycles. The Kier molecular flexibility index (Phi) is 3.99. The SMILES string of the molecule is CN(C)CCNC(=O)C12CC3CC(C)(C1)CC(c1ccccc1)(C3)C2. The van der Waals surface area contributed by atoms with E-state index in [1.54, 1.807) is 0 Å². The summed E-state index contributed by atoms with van der Waals surface area (Å²) in [5.41, 5.74) is 1.87. The predicted octanol–water partition coefficient (Wildman–Crippen LogP) is 3.59. The molecule has 0 saturated heterocycles. The third-order valence-corrected chi connectivity index (χ3v) is 7.06. The maximum absolute atomic E-state index is 13.3. The van der Waals surface area contributed by atoms with Crippen molar-refractivity contribution in [2.24, 2.45) is 16.7 Å². The van der Waals surface area contributed by atoms with Crippen molar-refractivity contribution in [3.8, 4) is 0 Å². The van der Waals surface area contributed by atoms with Crippen LogP contribution in [-0.4, -0.2) is 38.0 Å². The third kappa shape index (κ3) is 2.91. The Morgan fingerprint density at radius 3 is 2.56 bits per heavy atom. The van der Waals surface area contributed by atoms with Gasteiger partial charge in [-0.3, -0.25) is 4.79 Å². The highest BCUT2D eigenvalue weighted by molar-refractivity contribution is 5.83. The number of rotatable bonds is 5. The van der Waals surface area contributed by atoms with E-state index in [1.165, 1.54) is 24.8 Å². The first kappa shape index (κ1) is 17.1. The summed E-state index contributed by atoms with van der Waals surface area (Å²) in [7, 11) is 4.12. The highest BCUT2D eigenvalue weighted by Crippen LogP contribution is 2.70. The number of nitrogens with zero attached hydrogens (tertiary/aromatic N) is 1. The lowest BCUT2D eigenvalue weighted by Crippen LogP contribution is -2.62. The Morgan fingerprint density at radius 2 is 1.88 bits per heavy atom. The summed E-state index contributed by atoms with van der Waals surface area (Å²) in [5.74, 6) is 1.03. The Bertz CT molecular complexity index is 657. The van der Waals surface area contributed by atoms with Gasteiger partial charge in [-0.1, -0.05) is 37.3 Å². The molecule has 0 aliphatic heterocycles. The van der Waals surface area contributed by atoms with E-state index in [9.17, 15) is 4.79 Å². The average molecular weight is 341 g/mol. The van der Waals surface area contributed by atoms with Crippen LogP contribution in [0.15, 0.2) is 30.3 Å². The molecule has 0 aromatic heterocycles. The first-order chi connectivity index (χ1) is 11.8. The first-order valence-corrected chi connectivity index (χ1v) is 9.84. The Balaban J connectivity index is 1.63. The molecule has 1 amide bonds. The topological polar surface area (TPSA) is 32.3 Å². The van der Waals surface area contributed by atoms with Gasteiger partial charge >= 0.3 is 0 Å². The second-order valence-electron chi connectivity index (χ2n) is 9.81. The number of hydrogen-bond acceptors (Lipinski definition) is 2. The van der Waals surface area contributed by atoms with E-state index in [-0.39, 0.29) is 10.8 Å². The number of carbonyl (C=O) groups is 1. The second kappa shape index (κ2) is 5.84. The number of carbonyl (C=O) groups excluding carboxylic acids is 1. The molecule has 136 valence electrons. The fraction of sp³-hybridized carbons (Fsp3) is 0.682. The van der Waals surface area contributed by atoms with Crippen LogP contribution in [0.5, 0.6) is 0 Å². The number of hydrogen-bond donors (Lipinski definition) is 1. The van der Waals surface area contributed by atoms with E-state index in [0.29, 0.717) is 17.2 Å². The summed E-state index contributed by atoms with van der Waals surface area (Å²) in [6.07, 6.45) is 7.08. The van der Waals surface area contributed by atoms with Gasteiger partial charge in [0.2, 0.25) is 5.91 Å². The molecule has 4 bridgehead atoms. The van der Waals surface area contributed by atoms with Crippen LogP contribution >= 0.6 is 0 Å². The monoisotopic (exact) mass is 340 g/mol. The van der Waals surface area contributed by atoms with Crippen molar-refractivity contribution in [2.75, 3.05) is 27.2 Å². The van der Waals surface area contributed by atoms with Crippen molar-refractivity contribution in [1.82, 2.24) is 10.2 Å². The van der Waals surface area contributed by atoms with Gasteiger partial charge in [0.15, 0.2) is 0 Å². The molecule has 1 aromatic carbocycles. The highest BCUT2D eigenvalue weighted by Gasteiger charge is 2.64. The van der Waals surface area contributed by atoms with Crippen molar-refractivity contribution >= 4 is 5.91 Å². The van der Waals surface area contributed by atoms with Crippen LogP contribution in [0.1, 0.15) is 51.0 Å². The van der Waals surface area contributed by atoms with Crippen molar-refractivity contribution in [2.45, 2.75) is 50.9 Å². The van der Waals surface area contributed by atoms with E-state index in [2.05, 4.69) is 61.6 Å². The molecular formula is C22H32N2O. The fourth-order valence-electron chi connectivity index (χ4n) is 6.87. The lowest BCUT2D eigenvalue weighted by atomic mass is 9.38. The molecule has 3 nitrogen and oxygen atoms in total. The summed E-state index contributed by atoms with van der Waals surface area (Å²) in [6, 6.07) is 11.0. The fourth-order valence-corrected chi connectivity index (χ4v) is 6.87. The minimum absolute atomic E-state index is 0.143. The molecule has 4 unspecified atom stereocenters. The van der Waals surface area contributed by atoms with Crippen molar-refractivity contribution in [3.63, 3.8) is 0 Å². The van der Waals surface area contributed by atoms with E-state index in [1.807, 2.05) is 0 Å². The average Bonchev–Trinajstić information content (AvgIpc) is 2.53. The van der Waals surface area contributed by atoms with E-state index in [4.69, 9.17) is 0 Å². The van der Waals surface area contributed by atoms with Crippen LogP contribution in [0, 0.1) is 16.7 Å². The maximum atomic E-state index is 13.3. The van der Waals surface area contributed by atoms with Gasteiger partial charge in [-0.2, -0.15) is 0 Å². The van der Waals surface area contributed by atoms with Gasteiger partial charge in [0.25, 0.3) is 0 Å². The molecular weight excluding hydrogens is 308 g/mol. The van der Waals surface area contributed by atoms with Crippen molar-refractivity contribution in [3.05, 3.63) is 35.9 Å². The number of amides is 1. The molecule has 4 aliphatic carbocycles. The second-order valence-corrected chi connectivity index (χ2v) is 9.81. The lowest BCUT2D eigenvalue weighted by molar-refractivity contribution is -0.160. The smallest absolute Gasteiger partial charge is 0.226 e. The molecule has 3 heteroatoms. The summed E-state index contributed by atoms with van der Waals surface area (Å²) in [6.45, 7) is 4.11. The largest absolute Gasteiger partial charge is 0.354 e. The quantitative estimate of drug-likeness (QED) is 0.888. The zero-order valence-electron chi connectivity index (χ0n) is 16.0. The maximum Gasteiger partial charge on any atom is 0.226 e. The Morgan fingerprint density at radius 1 is 1.12 bits per heavy atom. The summed E-state index contributed by atoms with van der Waals surface area (Å²) >= 11 is 0. The summed E-state index contributed by atoms with van der Waals surface area (Å²) < 4.78 is 0. The first-order valence-electron chi connectivity index (χ1n) is 9.84. The molecule has 5 rings (SSSR count). The van der Waals surface area contributed by atoms with Crippen LogP contribution in [0.3, 0.4) is 0 Å². The Labute approximate surface area is 152 Å². The number of likely N-dealkylation sites (N-methyl/N-ethyl adjacent to an activating group) is 1. The normalized spacial score (nSPS) is 39.0. The van der Waals surface area contributed by atoms with E-state index >= 15 is 0 Å². The van der Waals surface area contributed by atoms with Crippen LogP contribution in [0.25, 0.3) is 0 Å². The minimum atomic E-state index is -0.143. The molecule has 25 heavy (non-hydrogen) atoms. The molecule has 4 saturated carbocycles. The molecule has 4 aliphatic rings. The molecule has 1 N–H and O–H groups in total. The van der Waals surface area contributed by atoms with Gasteiger partial charge in [0, 0.05) is 13.1 Å². The van der Waals surface area contributed by atoms with E-state index in [0.717, 1.165) is 32.4 Å². The number of benzene rings is 1. The van der Waals surface area contributed by atoms with Crippen LogP contribution < -0.4 is 5.32 Å². The molecule has 4 fully saturated rings. The third-order valence-electron chi connectivity index (χ3n) is 7.06.